The summed E-state index contributed by atoms with van der Waals surface area (Å²) in [6.07, 6.45) is 0. The summed E-state index contributed by atoms with van der Waals surface area (Å²) < 4.78 is 1.84. The van der Waals surface area contributed by atoms with Crippen LogP contribution in [0.1, 0.15) is 12.5 Å². The highest BCUT2D eigenvalue weighted by Gasteiger charge is 2.22. The van der Waals surface area contributed by atoms with Crippen molar-refractivity contribution in [2.75, 3.05) is 5.32 Å². The predicted molar refractivity (Wildman–Crippen MR) is 108 cm³/mol. The van der Waals surface area contributed by atoms with Crippen LogP contribution >= 0.6 is 11.8 Å². The Kier molecular flexibility index (Phi) is 5.74. The van der Waals surface area contributed by atoms with E-state index in [1.807, 2.05) is 42.8 Å². The van der Waals surface area contributed by atoms with E-state index >= 15 is 0 Å². The van der Waals surface area contributed by atoms with Gasteiger partial charge in [0.05, 0.1) is 10.2 Å². The van der Waals surface area contributed by atoms with E-state index in [-0.39, 0.29) is 17.3 Å². The molecule has 1 atom stereocenters. The van der Waals surface area contributed by atoms with Crippen LogP contribution in [0.3, 0.4) is 0 Å². The van der Waals surface area contributed by atoms with Gasteiger partial charge in [-0.1, -0.05) is 48.2 Å². The normalized spacial score (nSPS) is 11.8. The van der Waals surface area contributed by atoms with Gasteiger partial charge in [-0.3, -0.25) is 14.9 Å². The van der Waals surface area contributed by atoms with E-state index < -0.39 is 10.2 Å². The van der Waals surface area contributed by atoms with Crippen LogP contribution in [0.4, 0.5) is 11.4 Å². The van der Waals surface area contributed by atoms with Crippen LogP contribution in [0.25, 0.3) is 11.4 Å². The van der Waals surface area contributed by atoms with Gasteiger partial charge in [0, 0.05) is 18.7 Å². The van der Waals surface area contributed by atoms with Gasteiger partial charge in [0.25, 0.3) is 5.69 Å². The number of nitro groups is 1. The van der Waals surface area contributed by atoms with E-state index in [9.17, 15) is 14.9 Å². The van der Waals surface area contributed by atoms with E-state index in [4.69, 9.17) is 0 Å². The van der Waals surface area contributed by atoms with Crippen molar-refractivity contribution < 1.29 is 9.72 Å². The zero-order chi connectivity index (χ0) is 20.3. The highest BCUT2D eigenvalue weighted by Crippen LogP contribution is 2.29. The van der Waals surface area contributed by atoms with Gasteiger partial charge in [0.1, 0.15) is 5.69 Å². The van der Waals surface area contributed by atoms with Gasteiger partial charge in [0.15, 0.2) is 11.0 Å². The third-order valence-corrected chi connectivity index (χ3v) is 5.36. The Hall–Kier alpha value is -3.20. The van der Waals surface area contributed by atoms with Crippen molar-refractivity contribution in [3.05, 3.63) is 64.2 Å². The first kappa shape index (κ1) is 19.6. The smallest absolute Gasteiger partial charge is 0.292 e. The summed E-state index contributed by atoms with van der Waals surface area (Å²) >= 11 is 1.24. The highest BCUT2D eigenvalue weighted by atomic mass is 32.2. The summed E-state index contributed by atoms with van der Waals surface area (Å²) in [4.78, 5) is 23.1. The number of nitrogens with one attached hydrogen (secondary N) is 1. The Labute approximate surface area is 166 Å². The standard InChI is InChI=1S/C19H19N5O3S/c1-12-8-4-5-9-14(12)17-21-22-19(23(17)3)28-13(2)18(25)20-15-10-6-7-11-16(15)24(26)27/h4-11,13H,1-3H3,(H,20,25)/t13-/m1/s1. The van der Waals surface area contributed by atoms with Gasteiger partial charge >= 0.3 is 0 Å². The molecule has 0 unspecified atom stereocenters. The Bertz CT molecular complexity index is 1030. The highest BCUT2D eigenvalue weighted by molar-refractivity contribution is 8.00. The Morgan fingerprint density at radius 1 is 1.18 bits per heavy atom. The average Bonchev–Trinajstić information content (AvgIpc) is 3.02. The van der Waals surface area contributed by atoms with Crippen molar-refractivity contribution in [2.45, 2.75) is 24.3 Å². The van der Waals surface area contributed by atoms with Crippen LogP contribution in [-0.2, 0) is 11.8 Å². The number of nitrogens with zero attached hydrogens (tertiary/aromatic N) is 4. The van der Waals surface area contributed by atoms with E-state index in [0.29, 0.717) is 11.0 Å². The minimum Gasteiger partial charge on any atom is -0.319 e. The van der Waals surface area contributed by atoms with E-state index in [2.05, 4.69) is 15.5 Å². The molecule has 0 saturated carbocycles. The van der Waals surface area contributed by atoms with Crippen LogP contribution in [0.2, 0.25) is 0 Å². The van der Waals surface area contributed by atoms with Gasteiger partial charge < -0.3 is 9.88 Å². The van der Waals surface area contributed by atoms with E-state index in [1.165, 1.54) is 23.9 Å². The molecule has 9 heteroatoms. The van der Waals surface area contributed by atoms with Crippen LogP contribution in [0.5, 0.6) is 0 Å². The molecule has 3 rings (SSSR count). The maximum atomic E-state index is 12.5. The number of amides is 1. The second-order valence-electron chi connectivity index (χ2n) is 6.20. The number of rotatable bonds is 6. The zero-order valence-electron chi connectivity index (χ0n) is 15.6. The van der Waals surface area contributed by atoms with Gasteiger partial charge in [-0.2, -0.15) is 0 Å². The number of thioether (sulfide) groups is 1. The topological polar surface area (TPSA) is 103 Å². The molecule has 0 aliphatic heterocycles. The fourth-order valence-corrected chi connectivity index (χ4v) is 3.48. The van der Waals surface area contributed by atoms with E-state index in [0.717, 1.165) is 11.1 Å². The fourth-order valence-electron chi connectivity index (χ4n) is 2.66. The van der Waals surface area contributed by atoms with Gasteiger partial charge in [0.2, 0.25) is 5.91 Å². The molecule has 0 aliphatic carbocycles. The minimum atomic E-state index is -0.523. The molecule has 0 aliphatic rings. The number of hydrogen-bond donors (Lipinski definition) is 1. The monoisotopic (exact) mass is 397 g/mol. The molecule has 0 fully saturated rings. The number of nitro benzene ring substituents is 1. The first-order valence-electron chi connectivity index (χ1n) is 8.55. The summed E-state index contributed by atoms with van der Waals surface area (Å²) in [5.41, 5.74) is 2.08. The molecule has 8 nitrogen and oxygen atoms in total. The van der Waals surface area contributed by atoms with Gasteiger partial charge in [-0.05, 0) is 25.5 Å². The maximum Gasteiger partial charge on any atom is 0.292 e. The molecule has 28 heavy (non-hydrogen) atoms. The molecule has 3 aromatic rings. The molecule has 0 radical (unpaired) electrons. The number of carbonyl (C=O) groups is 1. The molecule has 0 bridgehead atoms. The van der Waals surface area contributed by atoms with Crippen LogP contribution in [0, 0.1) is 17.0 Å². The molecule has 0 spiro atoms. The molecule has 144 valence electrons. The lowest BCUT2D eigenvalue weighted by molar-refractivity contribution is -0.383. The molecule has 1 amide bonds. The molecular formula is C19H19N5O3S. The van der Waals surface area contributed by atoms with Crippen LogP contribution in [0.15, 0.2) is 53.7 Å². The molecule has 0 saturated heterocycles. The molecule has 2 aromatic carbocycles. The van der Waals surface area contributed by atoms with Crippen LogP contribution < -0.4 is 5.32 Å². The van der Waals surface area contributed by atoms with Crippen molar-refractivity contribution >= 4 is 29.0 Å². The van der Waals surface area contributed by atoms with Crippen molar-refractivity contribution in [3.63, 3.8) is 0 Å². The summed E-state index contributed by atoms with van der Waals surface area (Å²) in [7, 11) is 1.84. The Morgan fingerprint density at radius 2 is 1.86 bits per heavy atom. The fraction of sp³-hybridized carbons (Fsp3) is 0.211. The van der Waals surface area contributed by atoms with Crippen LogP contribution in [-0.4, -0.2) is 30.8 Å². The minimum absolute atomic E-state index is 0.145. The van der Waals surface area contributed by atoms with Crippen molar-refractivity contribution in [3.8, 4) is 11.4 Å². The summed E-state index contributed by atoms with van der Waals surface area (Å²) in [5, 5.41) is 22.2. The number of anilines is 1. The first-order valence-corrected chi connectivity index (χ1v) is 9.42. The summed E-state index contributed by atoms with van der Waals surface area (Å²) in [6.45, 7) is 3.72. The average molecular weight is 397 g/mol. The number of aromatic nitrogens is 3. The predicted octanol–water partition coefficient (Wildman–Crippen LogP) is 3.82. The Balaban J connectivity index is 1.75. The number of carbonyl (C=O) groups excluding carboxylic acids is 1. The number of para-hydroxylation sites is 2. The van der Waals surface area contributed by atoms with Crippen molar-refractivity contribution in [1.29, 1.82) is 0 Å². The summed E-state index contributed by atoms with van der Waals surface area (Å²) in [5.74, 6) is 0.367. The number of hydrogen-bond acceptors (Lipinski definition) is 6. The molecule has 1 aromatic heterocycles. The van der Waals surface area contributed by atoms with Crippen molar-refractivity contribution in [1.82, 2.24) is 14.8 Å². The first-order chi connectivity index (χ1) is 13.4. The second-order valence-corrected chi connectivity index (χ2v) is 7.51. The third-order valence-electron chi connectivity index (χ3n) is 4.23. The van der Waals surface area contributed by atoms with Crippen molar-refractivity contribution in [2.24, 2.45) is 7.05 Å². The zero-order valence-corrected chi connectivity index (χ0v) is 16.4. The number of benzene rings is 2. The third kappa shape index (κ3) is 4.04. The lowest BCUT2D eigenvalue weighted by Gasteiger charge is -2.12. The maximum absolute atomic E-state index is 12.5. The summed E-state index contributed by atoms with van der Waals surface area (Å²) in [6, 6.07) is 13.9. The number of aryl methyl sites for hydroxylation is 1. The van der Waals surface area contributed by atoms with E-state index in [1.54, 1.807) is 19.1 Å². The lowest BCUT2D eigenvalue weighted by atomic mass is 10.1. The lowest BCUT2D eigenvalue weighted by Crippen LogP contribution is -2.23. The largest absolute Gasteiger partial charge is 0.319 e. The molecular weight excluding hydrogens is 378 g/mol. The molecule has 1 N–H and O–H groups in total. The van der Waals surface area contributed by atoms with Gasteiger partial charge in [-0.25, -0.2) is 0 Å². The second kappa shape index (κ2) is 8.22. The SMILES string of the molecule is Cc1ccccc1-c1nnc(S[C@H](C)C(=O)Nc2ccccc2[N+](=O)[O-])n1C. The molecule has 1 heterocycles. The quantitative estimate of drug-likeness (QED) is 0.385. The Morgan fingerprint density at radius 3 is 2.57 bits per heavy atom. The van der Waals surface area contributed by atoms with Gasteiger partial charge in [-0.15, -0.1) is 10.2 Å².